The number of hydrogen-bond acceptors (Lipinski definition) is 6. The summed E-state index contributed by atoms with van der Waals surface area (Å²) in [7, 11) is 1.53. The van der Waals surface area contributed by atoms with E-state index in [9.17, 15) is 9.59 Å². The quantitative estimate of drug-likeness (QED) is 0.601. The maximum atomic E-state index is 12.4. The van der Waals surface area contributed by atoms with Crippen molar-refractivity contribution >= 4 is 29.0 Å². The third kappa shape index (κ3) is 4.26. The lowest BCUT2D eigenvalue weighted by Gasteiger charge is -2.08. The Labute approximate surface area is 161 Å². The minimum absolute atomic E-state index is 0.000305. The Balaban J connectivity index is 1.68. The number of nitrogens with two attached hydrogens (primary N) is 1. The number of nitrogen functional groups attached to an aromatic ring is 1. The molecule has 4 N–H and O–H groups in total. The first-order valence-corrected chi connectivity index (χ1v) is 8.48. The summed E-state index contributed by atoms with van der Waals surface area (Å²) in [6.45, 7) is 1.72. The highest BCUT2D eigenvalue weighted by atomic mass is 16.5. The largest absolute Gasteiger partial charge is 0.497 e. The molecule has 0 radical (unpaired) electrons. The summed E-state index contributed by atoms with van der Waals surface area (Å²) in [4.78, 5) is 24.7. The van der Waals surface area contributed by atoms with Crippen molar-refractivity contribution in [3.63, 3.8) is 0 Å². The molecule has 2 amide bonds. The Morgan fingerprint density at radius 1 is 1.14 bits per heavy atom. The molecule has 0 unspecified atom stereocenters. The van der Waals surface area contributed by atoms with Crippen LogP contribution in [-0.4, -0.2) is 33.9 Å². The van der Waals surface area contributed by atoms with Crippen LogP contribution >= 0.6 is 0 Å². The molecule has 0 aliphatic heterocycles. The van der Waals surface area contributed by atoms with E-state index in [0.29, 0.717) is 17.1 Å². The molecule has 0 saturated carbocycles. The third-order valence-electron chi connectivity index (χ3n) is 4.03. The zero-order valence-corrected chi connectivity index (χ0v) is 15.5. The van der Waals surface area contributed by atoms with E-state index in [1.165, 1.54) is 11.8 Å². The van der Waals surface area contributed by atoms with Crippen LogP contribution < -0.4 is 21.1 Å². The van der Waals surface area contributed by atoms with E-state index in [1.54, 1.807) is 30.3 Å². The van der Waals surface area contributed by atoms with Crippen molar-refractivity contribution < 1.29 is 14.3 Å². The molecule has 0 spiro atoms. The fourth-order valence-electron chi connectivity index (χ4n) is 2.53. The Hall–Kier alpha value is -3.88. The minimum Gasteiger partial charge on any atom is -0.497 e. The van der Waals surface area contributed by atoms with Gasteiger partial charge >= 0.3 is 0 Å². The number of rotatable bonds is 6. The fraction of sp³-hybridized carbons (Fsp3) is 0.158. The Morgan fingerprint density at radius 2 is 1.93 bits per heavy atom. The highest BCUT2D eigenvalue weighted by molar-refractivity contribution is 6.05. The lowest BCUT2D eigenvalue weighted by atomic mass is 10.2. The second kappa shape index (κ2) is 8.21. The molecule has 28 heavy (non-hydrogen) atoms. The summed E-state index contributed by atoms with van der Waals surface area (Å²) in [5.74, 6) is -0.260. The maximum absolute atomic E-state index is 12.4. The van der Waals surface area contributed by atoms with Gasteiger partial charge in [-0.2, -0.15) is 0 Å². The average molecular weight is 380 g/mol. The molecule has 0 atom stereocenters. The topological polar surface area (TPSA) is 124 Å². The molecule has 1 aromatic heterocycles. The van der Waals surface area contributed by atoms with Gasteiger partial charge in [0.1, 0.15) is 12.3 Å². The summed E-state index contributed by atoms with van der Waals surface area (Å²) in [6.07, 6.45) is 0. The molecule has 0 fully saturated rings. The number of amides is 2. The van der Waals surface area contributed by atoms with Gasteiger partial charge in [-0.25, -0.2) is 4.68 Å². The van der Waals surface area contributed by atoms with Gasteiger partial charge in [0, 0.05) is 17.4 Å². The highest BCUT2D eigenvalue weighted by Gasteiger charge is 2.19. The molecular formula is C19H20N6O3. The van der Waals surface area contributed by atoms with E-state index < -0.39 is 5.91 Å². The number of hydrogen-bond donors (Lipinski definition) is 3. The van der Waals surface area contributed by atoms with Crippen molar-refractivity contribution in [2.45, 2.75) is 13.5 Å². The molecule has 0 aliphatic rings. The van der Waals surface area contributed by atoms with Gasteiger partial charge in [-0.3, -0.25) is 9.59 Å². The van der Waals surface area contributed by atoms with E-state index in [4.69, 9.17) is 10.5 Å². The van der Waals surface area contributed by atoms with Crippen molar-refractivity contribution in [2.75, 3.05) is 23.5 Å². The summed E-state index contributed by atoms with van der Waals surface area (Å²) < 4.78 is 6.29. The predicted molar refractivity (Wildman–Crippen MR) is 105 cm³/mol. The number of aryl methyl sites for hydroxylation is 1. The Bertz CT molecular complexity index is 1010. The molecule has 0 saturated heterocycles. The van der Waals surface area contributed by atoms with Crippen LogP contribution in [0.5, 0.6) is 5.75 Å². The van der Waals surface area contributed by atoms with E-state index in [-0.39, 0.29) is 24.0 Å². The van der Waals surface area contributed by atoms with E-state index in [0.717, 1.165) is 5.56 Å². The van der Waals surface area contributed by atoms with Gasteiger partial charge in [0.2, 0.25) is 5.91 Å². The number of aromatic nitrogens is 3. The number of methoxy groups -OCH3 is 1. The summed E-state index contributed by atoms with van der Waals surface area (Å²) in [5.41, 5.74) is 8.05. The molecule has 9 heteroatoms. The van der Waals surface area contributed by atoms with Crippen molar-refractivity contribution in [1.82, 2.24) is 15.0 Å². The normalized spacial score (nSPS) is 10.4. The summed E-state index contributed by atoms with van der Waals surface area (Å²) >= 11 is 0. The average Bonchev–Trinajstić information content (AvgIpc) is 3.04. The van der Waals surface area contributed by atoms with Crippen molar-refractivity contribution in [1.29, 1.82) is 0 Å². The lowest BCUT2D eigenvalue weighted by Crippen LogP contribution is -2.21. The standard InChI is InChI=1S/C19H20N6O3/c1-12-6-3-4-9-15(12)22-16(26)11-25-18(20)17(23-24-25)19(27)21-13-7-5-8-14(10-13)28-2/h3-10H,11,20H2,1-2H3,(H,21,27)(H,22,26). The number of nitrogens with zero attached hydrogens (tertiary/aromatic N) is 3. The first kappa shape index (κ1) is 18.9. The first-order chi connectivity index (χ1) is 13.5. The zero-order chi connectivity index (χ0) is 20.1. The molecular weight excluding hydrogens is 360 g/mol. The summed E-state index contributed by atoms with van der Waals surface area (Å²) in [6, 6.07) is 14.3. The van der Waals surface area contributed by atoms with Gasteiger partial charge in [0.25, 0.3) is 5.91 Å². The monoisotopic (exact) mass is 380 g/mol. The minimum atomic E-state index is -0.531. The van der Waals surface area contributed by atoms with Crippen LogP contribution in [0.3, 0.4) is 0 Å². The zero-order valence-electron chi connectivity index (χ0n) is 15.5. The molecule has 144 valence electrons. The van der Waals surface area contributed by atoms with Gasteiger partial charge in [-0.1, -0.05) is 29.5 Å². The first-order valence-electron chi connectivity index (χ1n) is 8.48. The van der Waals surface area contributed by atoms with E-state index in [1.807, 2.05) is 25.1 Å². The second-order valence-corrected chi connectivity index (χ2v) is 6.03. The molecule has 0 aliphatic carbocycles. The number of para-hydroxylation sites is 1. The number of ether oxygens (including phenoxy) is 1. The van der Waals surface area contributed by atoms with Gasteiger partial charge in [0.05, 0.1) is 7.11 Å². The molecule has 0 bridgehead atoms. The van der Waals surface area contributed by atoms with E-state index >= 15 is 0 Å². The summed E-state index contributed by atoms with van der Waals surface area (Å²) in [5, 5.41) is 13.1. The fourth-order valence-corrected chi connectivity index (χ4v) is 2.53. The molecule has 2 aromatic carbocycles. The van der Waals surface area contributed by atoms with Crippen LogP contribution in [0.25, 0.3) is 0 Å². The molecule has 9 nitrogen and oxygen atoms in total. The number of nitrogens with one attached hydrogen (secondary N) is 2. The van der Waals surface area contributed by atoms with Crippen LogP contribution in [0.2, 0.25) is 0 Å². The van der Waals surface area contributed by atoms with Gasteiger partial charge in [-0.15, -0.1) is 5.10 Å². The van der Waals surface area contributed by atoms with Gasteiger partial charge in [-0.05, 0) is 30.7 Å². The predicted octanol–water partition coefficient (Wildman–Crippen LogP) is 2.07. The maximum Gasteiger partial charge on any atom is 0.280 e. The van der Waals surface area contributed by atoms with Crippen molar-refractivity contribution in [3.05, 3.63) is 59.8 Å². The van der Waals surface area contributed by atoms with Crippen LogP contribution in [0.15, 0.2) is 48.5 Å². The smallest absolute Gasteiger partial charge is 0.280 e. The Morgan fingerprint density at radius 3 is 2.68 bits per heavy atom. The number of carbonyl (C=O) groups excluding carboxylic acids is 2. The second-order valence-electron chi connectivity index (χ2n) is 6.03. The Kier molecular flexibility index (Phi) is 5.54. The van der Waals surface area contributed by atoms with Crippen LogP contribution in [0, 0.1) is 6.92 Å². The third-order valence-corrected chi connectivity index (χ3v) is 4.03. The van der Waals surface area contributed by atoms with Gasteiger partial charge < -0.3 is 21.1 Å². The number of benzene rings is 2. The SMILES string of the molecule is COc1cccc(NC(=O)c2nnn(CC(=O)Nc3ccccc3C)c2N)c1. The van der Waals surface area contributed by atoms with Crippen LogP contribution in [0.1, 0.15) is 16.1 Å². The van der Waals surface area contributed by atoms with Crippen molar-refractivity contribution in [3.8, 4) is 5.75 Å². The number of carbonyl (C=O) groups is 2. The highest BCUT2D eigenvalue weighted by Crippen LogP contribution is 2.18. The lowest BCUT2D eigenvalue weighted by molar-refractivity contribution is -0.116. The molecule has 3 aromatic rings. The van der Waals surface area contributed by atoms with Crippen LogP contribution in [-0.2, 0) is 11.3 Å². The van der Waals surface area contributed by atoms with Crippen molar-refractivity contribution in [2.24, 2.45) is 0 Å². The number of anilines is 3. The van der Waals surface area contributed by atoms with E-state index in [2.05, 4.69) is 20.9 Å². The van der Waals surface area contributed by atoms with Crippen LogP contribution in [0.4, 0.5) is 17.2 Å². The molecule has 1 heterocycles. The molecule has 3 rings (SSSR count). The van der Waals surface area contributed by atoms with Gasteiger partial charge in [0.15, 0.2) is 11.5 Å².